The van der Waals surface area contributed by atoms with Gasteiger partial charge in [-0.2, -0.15) is 5.26 Å². The van der Waals surface area contributed by atoms with Crippen LogP contribution >= 0.6 is 22.6 Å². The molecule has 2 rings (SSSR count). The number of nitriles is 1. The molecule has 5 heteroatoms. The lowest BCUT2D eigenvalue weighted by Crippen LogP contribution is -2.14. The predicted octanol–water partition coefficient (Wildman–Crippen LogP) is 3.85. The molecule has 0 aliphatic heterocycles. The number of halogens is 1. The number of carbonyl (C=O) groups excluding carboxylic acids is 1. The van der Waals surface area contributed by atoms with Crippen LogP contribution < -0.4 is 10.1 Å². The molecule has 110 valence electrons. The van der Waals surface area contributed by atoms with Gasteiger partial charge in [0.15, 0.2) is 0 Å². The number of nitrogens with zero attached hydrogens (tertiary/aromatic N) is 1. The van der Waals surface area contributed by atoms with Gasteiger partial charge in [0.25, 0.3) is 5.91 Å². The van der Waals surface area contributed by atoms with Gasteiger partial charge in [-0.3, -0.25) is 4.79 Å². The number of ether oxygens (including phenoxy) is 1. The molecule has 0 saturated carbocycles. The Kier molecular flexibility index (Phi) is 5.55. The van der Waals surface area contributed by atoms with Crippen molar-refractivity contribution in [3.8, 4) is 11.8 Å². The molecule has 0 unspecified atom stereocenters. The Morgan fingerprint density at radius 3 is 2.50 bits per heavy atom. The lowest BCUT2D eigenvalue weighted by atomic mass is 10.1. The highest BCUT2D eigenvalue weighted by Crippen LogP contribution is 2.19. The van der Waals surface area contributed by atoms with E-state index >= 15 is 0 Å². The van der Waals surface area contributed by atoms with Crippen LogP contribution in [0.2, 0.25) is 0 Å². The summed E-state index contributed by atoms with van der Waals surface area (Å²) < 4.78 is 5.99. The molecule has 0 saturated heterocycles. The van der Waals surface area contributed by atoms with Crippen LogP contribution in [-0.4, -0.2) is 13.0 Å². The third-order valence-corrected chi connectivity index (χ3v) is 3.85. The Labute approximate surface area is 142 Å². The maximum absolute atomic E-state index is 12.2. The topological polar surface area (TPSA) is 62.1 Å². The van der Waals surface area contributed by atoms with Crippen LogP contribution in [0.3, 0.4) is 0 Å². The van der Waals surface area contributed by atoms with Gasteiger partial charge in [-0.05, 0) is 58.5 Å². The highest BCUT2D eigenvalue weighted by molar-refractivity contribution is 14.1. The van der Waals surface area contributed by atoms with Crippen LogP contribution in [0.5, 0.6) is 5.75 Å². The first kappa shape index (κ1) is 16.0. The molecule has 0 spiro atoms. The van der Waals surface area contributed by atoms with Crippen LogP contribution in [0.4, 0.5) is 5.69 Å². The van der Waals surface area contributed by atoms with Gasteiger partial charge in [-0.25, -0.2) is 0 Å². The largest absolute Gasteiger partial charge is 0.497 e. The zero-order valence-electron chi connectivity index (χ0n) is 11.8. The van der Waals surface area contributed by atoms with E-state index in [-0.39, 0.29) is 5.57 Å². The molecule has 0 aromatic heterocycles. The van der Waals surface area contributed by atoms with E-state index in [4.69, 9.17) is 4.74 Å². The van der Waals surface area contributed by atoms with Gasteiger partial charge in [-0.15, -0.1) is 0 Å². The van der Waals surface area contributed by atoms with E-state index in [0.29, 0.717) is 5.69 Å². The number of carbonyl (C=O) groups is 1. The molecule has 4 nitrogen and oxygen atoms in total. The number of rotatable bonds is 4. The number of methoxy groups -OCH3 is 1. The SMILES string of the molecule is COc1ccc(/C=C(/C#N)C(=O)Nc2ccccc2I)cc1. The van der Waals surface area contributed by atoms with Crippen molar-refractivity contribution >= 4 is 40.3 Å². The van der Waals surface area contributed by atoms with Crippen LogP contribution in [0.15, 0.2) is 54.1 Å². The molecular formula is C17H13IN2O2. The summed E-state index contributed by atoms with van der Waals surface area (Å²) in [6.45, 7) is 0. The molecule has 2 aromatic carbocycles. The van der Waals surface area contributed by atoms with Crippen molar-refractivity contribution in [2.45, 2.75) is 0 Å². The summed E-state index contributed by atoms with van der Waals surface area (Å²) in [7, 11) is 1.58. The van der Waals surface area contributed by atoms with Gasteiger partial charge in [0.05, 0.1) is 12.8 Å². The lowest BCUT2D eigenvalue weighted by Gasteiger charge is -2.06. The van der Waals surface area contributed by atoms with Crippen molar-refractivity contribution in [1.82, 2.24) is 0 Å². The smallest absolute Gasteiger partial charge is 0.266 e. The zero-order chi connectivity index (χ0) is 15.9. The molecule has 0 aliphatic rings. The summed E-state index contributed by atoms with van der Waals surface area (Å²) in [5.74, 6) is 0.293. The molecule has 0 heterocycles. The van der Waals surface area contributed by atoms with Crippen LogP contribution in [0, 0.1) is 14.9 Å². The number of anilines is 1. The fourth-order valence-corrected chi connectivity index (χ4v) is 2.29. The first-order chi connectivity index (χ1) is 10.6. The van der Waals surface area contributed by atoms with Crippen molar-refractivity contribution in [3.63, 3.8) is 0 Å². The minimum absolute atomic E-state index is 0.0461. The second-order valence-corrected chi connectivity index (χ2v) is 5.54. The van der Waals surface area contributed by atoms with Crippen molar-refractivity contribution < 1.29 is 9.53 Å². The average Bonchev–Trinajstić information content (AvgIpc) is 2.55. The zero-order valence-corrected chi connectivity index (χ0v) is 14.0. The molecule has 0 atom stereocenters. The Morgan fingerprint density at radius 1 is 1.23 bits per heavy atom. The third-order valence-electron chi connectivity index (χ3n) is 2.91. The molecular weight excluding hydrogens is 391 g/mol. The molecule has 1 N–H and O–H groups in total. The number of benzene rings is 2. The van der Waals surface area contributed by atoms with Gasteiger partial charge in [-0.1, -0.05) is 24.3 Å². The fourth-order valence-electron chi connectivity index (χ4n) is 1.77. The minimum atomic E-state index is -0.428. The average molecular weight is 404 g/mol. The van der Waals surface area contributed by atoms with E-state index < -0.39 is 5.91 Å². The van der Waals surface area contributed by atoms with E-state index in [0.717, 1.165) is 14.9 Å². The van der Waals surface area contributed by atoms with E-state index in [1.165, 1.54) is 0 Å². The number of amides is 1. The van der Waals surface area contributed by atoms with Crippen LogP contribution in [-0.2, 0) is 4.79 Å². The van der Waals surface area contributed by atoms with Gasteiger partial charge in [0.2, 0.25) is 0 Å². The summed E-state index contributed by atoms with van der Waals surface area (Å²) in [5, 5.41) is 11.9. The summed E-state index contributed by atoms with van der Waals surface area (Å²) in [5.41, 5.74) is 1.49. The summed E-state index contributed by atoms with van der Waals surface area (Å²) in [6, 6.07) is 16.5. The van der Waals surface area contributed by atoms with Gasteiger partial charge in [0, 0.05) is 3.57 Å². The Balaban J connectivity index is 2.20. The van der Waals surface area contributed by atoms with E-state index in [1.54, 1.807) is 43.5 Å². The molecule has 0 radical (unpaired) electrons. The second kappa shape index (κ2) is 7.61. The number of hydrogen-bond acceptors (Lipinski definition) is 3. The highest BCUT2D eigenvalue weighted by atomic mass is 127. The van der Waals surface area contributed by atoms with Crippen molar-refractivity contribution in [3.05, 3.63) is 63.2 Å². The standard InChI is InChI=1S/C17H13IN2O2/c1-22-14-8-6-12(7-9-14)10-13(11-19)17(21)20-16-5-3-2-4-15(16)18/h2-10H,1H3,(H,20,21)/b13-10-. The van der Waals surface area contributed by atoms with Crippen LogP contribution in [0.1, 0.15) is 5.56 Å². The molecule has 0 aliphatic carbocycles. The Bertz CT molecular complexity index is 746. The Hall–Kier alpha value is -2.33. The minimum Gasteiger partial charge on any atom is -0.497 e. The summed E-state index contributed by atoms with van der Waals surface area (Å²) in [6.07, 6.45) is 1.55. The number of nitrogens with one attached hydrogen (secondary N) is 1. The fraction of sp³-hybridized carbons (Fsp3) is 0.0588. The first-order valence-electron chi connectivity index (χ1n) is 6.46. The quantitative estimate of drug-likeness (QED) is 0.479. The highest BCUT2D eigenvalue weighted by Gasteiger charge is 2.10. The molecule has 2 aromatic rings. The third kappa shape index (κ3) is 4.09. The lowest BCUT2D eigenvalue weighted by molar-refractivity contribution is -0.112. The summed E-state index contributed by atoms with van der Waals surface area (Å²) >= 11 is 2.13. The van der Waals surface area contributed by atoms with E-state index in [1.807, 2.05) is 24.3 Å². The Morgan fingerprint density at radius 2 is 1.91 bits per heavy atom. The van der Waals surface area contributed by atoms with Gasteiger partial charge >= 0.3 is 0 Å². The maximum Gasteiger partial charge on any atom is 0.266 e. The van der Waals surface area contributed by atoms with Gasteiger partial charge < -0.3 is 10.1 Å². The monoisotopic (exact) mass is 404 g/mol. The van der Waals surface area contributed by atoms with E-state index in [9.17, 15) is 10.1 Å². The molecule has 1 amide bonds. The van der Waals surface area contributed by atoms with Crippen molar-refractivity contribution in [2.24, 2.45) is 0 Å². The number of para-hydroxylation sites is 1. The molecule has 0 bridgehead atoms. The van der Waals surface area contributed by atoms with Crippen LogP contribution in [0.25, 0.3) is 6.08 Å². The normalized spacial score (nSPS) is 10.7. The second-order valence-electron chi connectivity index (χ2n) is 4.38. The first-order valence-corrected chi connectivity index (χ1v) is 7.53. The number of hydrogen-bond donors (Lipinski definition) is 1. The van der Waals surface area contributed by atoms with Gasteiger partial charge in [0.1, 0.15) is 17.4 Å². The van der Waals surface area contributed by atoms with E-state index in [2.05, 4.69) is 27.9 Å². The predicted molar refractivity (Wildman–Crippen MR) is 94.4 cm³/mol. The molecule has 0 fully saturated rings. The van der Waals surface area contributed by atoms with Crippen molar-refractivity contribution in [2.75, 3.05) is 12.4 Å². The molecule has 22 heavy (non-hydrogen) atoms. The summed E-state index contributed by atoms with van der Waals surface area (Å²) in [4.78, 5) is 12.2. The maximum atomic E-state index is 12.2. The van der Waals surface area contributed by atoms with Crippen molar-refractivity contribution in [1.29, 1.82) is 5.26 Å².